The fourth-order valence-electron chi connectivity index (χ4n) is 8.68. The highest BCUT2D eigenvalue weighted by Crippen LogP contribution is 2.46. The number of piperidine rings is 1. The van der Waals surface area contributed by atoms with E-state index in [2.05, 4.69) is 10.4 Å². The Morgan fingerprint density at radius 3 is 1.60 bits per heavy atom. The Balaban J connectivity index is 0.000000253. The number of hydrogen-bond acceptors (Lipinski definition) is 13. The van der Waals surface area contributed by atoms with Crippen molar-refractivity contribution in [2.24, 2.45) is 29.1 Å². The lowest BCUT2D eigenvalue weighted by Gasteiger charge is -2.38. The van der Waals surface area contributed by atoms with Gasteiger partial charge in [0.15, 0.2) is 0 Å². The second-order valence-corrected chi connectivity index (χ2v) is 16.3. The first-order valence-electron chi connectivity index (χ1n) is 22.4. The summed E-state index contributed by atoms with van der Waals surface area (Å²) in [5.41, 5.74) is -0.343. The molecule has 4 N–H and O–H groups in total. The molecule has 18 heteroatoms. The number of carbonyl (C=O) groups excluding carboxylic acids is 6. The van der Waals surface area contributed by atoms with Crippen molar-refractivity contribution in [3.8, 4) is 0 Å². The van der Waals surface area contributed by atoms with Crippen molar-refractivity contribution in [1.29, 1.82) is 1.43 Å². The number of aliphatic hydroxyl groups is 2. The van der Waals surface area contributed by atoms with Crippen LogP contribution in [-0.2, 0) is 52.7 Å². The van der Waals surface area contributed by atoms with Gasteiger partial charge in [0.05, 0.1) is 61.3 Å². The van der Waals surface area contributed by atoms with E-state index in [9.17, 15) is 38.7 Å². The standard InChI is InChI=1S/C27H41N3O7.C14H17NO6.CH4O/c1-27(18-31)12-15-29(16-13-27)22(33)9-5-2-6-14-28-21(32)8-4-3-7-17-36-30-25(34)23-19-10-11-20(37-19)24(23)26(30)35;16-10(17)4-2-1-3-7-20-15-13(18)11-8-5-6-9(21-8)12(11)14(15)19;1-2/h10-11,19-20,23-24,31H,2-9,12-18H2,1H3,(H,28,32);5-6,8-9,11-12H,1-4,7H2,(H,16,17);2H,1H3/i1T;;2T. The highest BCUT2D eigenvalue weighted by molar-refractivity contribution is 6.06. The fraction of sp³-hybridized carbons (Fsp3) is 0.738. The van der Waals surface area contributed by atoms with Crippen molar-refractivity contribution in [3.05, 3.63) is 24.3 Å². The van der Waals surface area contributed by atoms with Crippen LogP contribution in [0, 0.1) is 29.1 Å². The Morgan fingerprint density at radius 2 is 1.17 bits per heavy atom. The molecule has 0 aromatic carbocycles. The Bertz CT molecular complexity index is 1590. The number of fused-ring (bicyclic) bond motifs is 10. The van der Waals surface area contributed by atoms with Gasteiger partial charge in [0.2, 0.25) is 13.2 Å². The van der Waals surface area contributed by atoms with E-state index >= 15 is 0 Å². The summed E-state index contributed by atoms with van der Waals surface area (Å²) < 4.78 is 24.5. The molecule has 4 bridgehead atoms. The first-order chi connectivity index (χ1) is 29.9. The third-order valence-electron chi connectivity index (χ3n) is 12.2. The number of hydrogen-bond donors (Lipinski definition) is 4. The molecule has 0 aromatic rings. The van der Waals surface area contributed by atoms with Gasteiger partial charge in [0, 0.05) is 54.0 Å². The Kier molecular flexibility index (Phi) is 16.2. The molecule has 6 amide bonds. The highest BCUT2D eigenvalue weighted by atomic mass is 16.7. The van der Waals surface area contributed by atoms with Crippen molar-refractivity contribution in [3.63, 3.8) is 0 Å². The normalized spacial score (nSPS) is 29.2. The lowest BCUT2D eigenvalue weighted by Crippen LogP contribution is -2.43. The van der Waals surface area contributed by atoms with Crippen LogP contribution < -0.4 is 5.32 Å². The third kappa shape index (κ3) is 11.2. The molecule has 334 valence electrons. The van der Waals surface area contributed by atoms with Crippen LogP contribution >= 0.6 is 0 Å². The van der Waals surface area contributed by atoms with Crippen LogP contribution in [0.4, 0.5) is 0 Å². The molecule has 7 aliphatic rings. The van der Waals surface area contributed by atoms with Crippen molar-refractivity contribution in [1.82, 2.24) is 20.3 Å². The number of nitrogens with zero attached hydrogens (tertiary/aromatic N) is 3. The molecule has 0 saturated carbocycles. The van der Waals surface area contributed by atoms with Crippen molar-refractivity contribution in [2.45, 2.75) is 121 Å². The smallest absolute Gasteiger partial charge is 0.303 e. The number of amides is 6. The van der Waals surface area contributed by atoms with Gasteiger partial charge in [0.25, 0.3) is 23.6 Å². The third-order valence-corrected chi connectivity index (χ3v) is 12.2. The van der Waals surface area contributed by atoms with Gasteiger partial charge >= 0.3 is 5.97 Å². The molecule has 0 aromatic heterocycles. The number of ether oxygens (including phenoxy) is 2. The molecule has 7 rings (SSSR count). The molecule has 0 spiro atoms. The molecule has 5 saturated heterocycles. The van der Waals surface area contributed by atoms with Crippen LogP contribution in [-0.4, -0.2) is 144 Å². The SMILES string of the molecule is O=C(O)CCCCCON1C(=O)C2C3C=CC(O3)C2C1=O.[3H]CC1(CO)CCN(C(=O)CCCCCNC(=O)CCCCCON2C(=O)C3C4C=CC(O4)C3C2=O)CC1.[3H]OC. The van der Waals surface area contributed by atoms with E-state index in [1.54, 1.807) is 0 Å². The summed E-state index contributed by atoms with van der Waals surface area (Å²) in [6, 6.07) is 0. The largest absolute Gasteiger partial charge is 0.481 e. The van der Waals surface area contributed by atoms with E-state index in [-0.39, 0.29) is 98.4 Å². The van der Waals surface area contributed by atoms with Gasteiger partial charge in [-0.15, -0.1) is 0 Å². The van der Waals surface area contributed by atoms with Crippen molar-refractivity contribution >= 4 is 41.4 Å². The average Bonchev–Trinajstić information content (AvgIpc) is 4.14. The molecular formula is C42H62N4O14. The summed E-state index contributed by atoms with van der Waals surface area (Å²) >= 11 is 0. The highest BCUT2D eigenvalue weighted by Gasteiger charge is 2.62. The summed E-state index contributed by atoms with van der Waals surface area (Å²) in [5.74, 6) is -3.79. The molecule has 5 fully saturated rings. The molecule has 60 heavy (non-hydrogen) atoms. The number of nitrogens with one attached hydrogen (secondary N) is 1. The van der Waals surface area contributed by atoms with E-state index in [0.29, 0.717) is 77.4 Å². The van der Waals surface area contributed by atoms with Crippen LogP contribution in [0.15, 0.2) is 24.3 Å². The zero-order valence-corrected chi connectivity index (χ0v) is 34.4. The molecule has 0 radical (unpaired) electrons. The first kappa shape index (κ1) is 44.0. The van der Waals surface area contributed by atoms with Crippen LogP contribution in [0.3, 0.4) is 0 Å². The summed E-state index contributed by atoms with van der Waals surface area (Å²) in [6.07, 6.45) is 14.9. The number of aliphatic carboxylic acids is 1. The zero-order valence-electron chi connectivity index (χ0n) is 36.4. The first-order valence-corrected chi connectivity index (χ1v) is 21.2. The number of carboxylic acid groups (broad SMARTS) is 1. The van der Waals surface area contributed by atoms with E-state index in [1.165, 1.54) is 7.11 Å². The van der Waals surface area contributed by atoms with E-state index in [0.717, 1.165) is 35.8 Å². The van der Waals surface area contributed by atoms with Crippen molar-refractivity contribution in [2.75, 3.05) is 46.6 Å². The predicted molar refractivity (Wildman–Crippen MR) is 210 cm³/mol. The Morgan fingerprint density at radius 1 is 0.733 bits per heavy atom. The van der Waals surface area contributed by atoms with Gasteiger partial charge in [0.1, 0.15) is 0 Å². The second-order valence-electron chi connectivity index (χ2n) is 16.3. The maximum atomic E-state index is 12.5. The topological polar surface area (TPSA) is 239 Å². The van der Waals surface area contributed by atoms with Crippen molar-refractivity contribution < 1.29 is 69.4 Å². The van der Waals surface area contributed by atoms with E-state index < -0.39 is 29.6 Å². The van der Waals surface area contributed by atoms with Gasteiger partial charge in [-0.3, -0.25) is 43.2 Å². The van der Waals surface area contributed by atoms with Crippen LogP contribution in [0.5, 0.6) is 0 Å². The fourth-order valence-corrected chi connectivity index (χ4v) is 8.68. The maximum Gasteiger partial charge on any atom is 0.303 e. The molecule has 8 atom stereocenters. The number of likely N-dealkylation sites (tertiary alicyclic amines) is 1. The number of rotatable bonds is 21. The molecular weight excluding hydrogens is 784 g/mol. The minimum atomic E-state index is -0.823. The number of hydroxylamine groups is 4. The summed E-state index contributed by atoms with van der Waals surface area (Å²) in [7, 11) is 1.29. The van der Waals surface area contributed by atoms with Gasteiger partial charge in [-0.1, -0.05) is 50.5 Å². The number of carboxylic acids is 1. The summed E-state index contributed by atoms with van der Waals surface area (Å²) in [4.78, 5) is 96.8. The second kappa shape index (κ2) is 22.1. The monoisotopic (exact) mass is 850 g/mol. The molecule has 7 heterocycles. The number of carbonyl (C=O) groups is 7. The Hall–Kier alpha value is -4.07. The predicted octanol–water partition coefficient (Wildman–Crippen LogP) is 1.82. The van der Waals surface area contributed by atoms with Gasteiger partial charge in [-0.25, -0.2) is 0 Å². The van der Waals surface area contributed by atoms with Gasteiger partial charge in [-0.05, 0) is 56.8 Å². The Labute approximate surface area is 353 Å². The molecule has 18 nitrogen and oxygen atoms in total. The lowest BCUT2D eigenvalue weighted by atomic mass is 9.81. The maximum absolute atomic E-state index is 12.5. The van der Waals surface area contributed by atoms with Crippen LogP contribution in [0.1, 0.15) is 98.2 Å². The lowest BCUT2D eigenvalue weighted by molar-refractivity contribution is -0.193. The van der Waals surface area contributed by atoms with Gasteiger partial charge in [-0.2, -0.15) is 10.1 Å². The average molecular weight is 851 g/mol. The number of imide groups is 2. The van der Waals surface area contributed by atoms with Crippen LogP contribution in [0.25, 0.3) is 0 Å². The van der Waals surface area contributed by atoms with E-state index in [4.69, 9.17) is 27.1 Å². The molecule has 8 unspecified atom stereocenters. The summed E-state index contributed by atoms with van der Waals surface area (Å²) in [6.45, 7) is 2.52. The quantitative estimate of drug-likeness (QED) is 0.0733. The number of aliphatic hydroxyl groups excluding tert-OH is 2. The van der Waals surface area contributed by atoms with Crippen LogP contribution in [0.2, 0.25) is 0 Å². The van der Waals surface area contributed by atoms with E-state index in [1.807, 2.05) is 29.2 Å². The molecule has 0 aliphatic carbocycles. The zero-order chi connectivity index (χ0) is 44.8. The minimum Gasteiger partial charge on any atom is -0.481 e. The number of unbranched alkanes of at least 4 members (excludes halogenated alkanes) is 6. The minimum absolute atomic E-state index is 0.00206. The molecule has 7 aliphatic heterocycles. The summed E-state index contributed by atoms with van der Waals surface area (Å²) in [5, 5.41) is 26.2. The van der Waals surface area contributed by atoms with Gasteiger partial charge < -0.3 is 35.0 Å².